The highest BCUT2D eigenvalue weighted by molar-refractivity contribution is 5.43. The normalized spacial score (nSPS) is 17.7. The summed E-state index contributed by atoms with van der Waals surface area (Å²) in [6.07, 6.45) is 2.59. The summed E-state index contributed by atoms with van der Waals surface area (Å²) < 4.78 is 5.67. The van der Waals surface area contributed by atoms with Crippen LogP contribution in [0.5, 0.6) is 5.75 Å². The molecule has 1 aromatic rings. The monoisotopic (exact) mass is 262 g/mol. The second kappa shape index (κ2) is 6.40. The number of likely N-dealkylation sites (tertiary alicyclic amines) is 1. The Morgan fingerprint density at radius 1 is 1.21 bits per heavy atom. The molecule has 0 spiro atoms. The van der Waals surface area contributed by atoms with Crippen LogP contribution in [0, 0.1) is 13.8 Å². The van der Waals surface area contributed by atoms with Crippen LogP contribution in [0.2, 0.25) is 0 Å². The van der Waals surface area contributed by atoms with Crippen LogP contribution in [0.4, 0.5) is 0 Å². The molecule has 19 heavy (non-hydrogen) atoms. The van der Waals surface area contributed by atoms with Crippen molar-refractivity contribution in [3.8, 4) is 5.75 Å². The number of ether oxygens (including phenoxy) is 1. The lowest BCUT2D eigenvalue weighted by atomic mass is 9.97. The Morgan fingerprint density at radius 2 is 1.89 bits per heavy atom. The van der Waals surface area contributed by atoms with Gasteiger partial charge in [-0.1, -0.05) is 6.07 Å². The maximum Gasteiger partial charge on any atom is 0.122 e. The fourth-order valence-corrected chi connectivity index (χ4v) is 3.01. The largest absolute Gasteiger partial charge is 0.494 e. The van der Waals surface area contributed by atoms with Crippen LogP contribution in [0.15, 0.2) is 12.1 Å². The Bertz CT molecular complexity index is 425. The van der Waals surface area contributed by atoms with E-state index in [9.17, 15) is 0 Å². The van der Waals surface area contributed by atoms with Gasteiger partial charge >= 0.3 is 0 Å². The van der Waals surface area contributed by atoms with Gasteiger partial charge in [0.05, 0.1) is 6.61 Å². The van der Waals surface area contributed by atoms with E-state index < -0.39 is 0 Å². The number of rotatable bonds is 5. The van der Waals surface area contributed by atoms with Gasteiger partial charge in [-0.3, -0.25) is 4.90 Å². The number of aryl methyl sites for hydroxylation is 2. The van der Waals surface area contributed by atoms with E-state index in [0.717, 1.165) is 5.75 Å². The Labute approximate surface area is 116 Å². The number of nitrogens with two attached hydrogens (primary N) is 1. The van der Waals surface area contributed by atoms with E-state index in [-0.39, 0.29) is 0 Å². The summed E-state index contributed by atoms with van der Waals surface area (Å²) in [5.74, 6) is 1.00. The summed E-state index contributed by atoms with van der Waals surface area (Å²) in [5.41, 5.74) is 9.89. The summed E-state index contributed by atoms with van der Waals surface area (Å²) in [5, 5.41) is 0. The van der Waals surface area contributed by atoms with Gasteiger partial charge in [-0.05, 0) is 69.5 Å². The molecule has 1 atom stereocenters. The maximum absolute atomic E-state index is 6.03. The van der Waals surface area contributed by atoms with Crippen molar-refractivity contribution >= 4 is 0 Å². The topological polar surface area (TPSA) is 38.5 Å². The molecule has 106 valence electrons. The van der Waals surface area contributed by atoms with Crippen LogP contribution in [-0.4, -0.2) is 31.1 Å². The quantitative estimate of drug-likeness (QED) is 0.887. The number of hydrogen-bond acceptors (Lipinski definition) is 3. The lowest BCUT2D eigenvalue weighted by Gasteiger charge is -2.28. The molecule has 1 aromatic carbocycles. The zero-order chi connectivity index (χ0) is 13.8. The van der Waals surface area contributed by atoms with Crippen molar-refractivity contribution < 1.29 is 4.74 Å². The molecule has 2 rings (SSSR count). The molecule has 0 bridgehead atoms. The fraction of sp³-hybridized carbons (Fsp3) is 0.625. The van der Waals surface area contributed by atoms with Gasteiger partial charge in [0.25, 0.3) is 0 Å². The molecule has 1 heterocycles. The fourth-order valence-electron chi connectivity index (χ4n) is 3.01. The molecule has 3 heteroatoms. The third-order valence-corrected chi connectivity index (χ3v) is 4.03. The highest BCUT2D eigenvalue weighted by Gasteiger charge is 2.24. The second-order valence-electron chi connectivity index (χ2n) is 5.40. The first-order valence-electron chi connectivity index (χ1n) is 7.35. The third kappa shape index (κ3) is 3.10. The van der Waals surface area contributed by atoms with Crippen LogP contribution >= 0.6 is 0 Å². The molecular weight excluding hydrogens is 236 g/mol. The predicted molar refractivity (Wildman–Crippen MR) is 79.7 cm³/mol. The van der Waals surface area contributed by atoms with E-state index >= 15 is 0 Å². The maximum atomic E-state index is 6.03. The first-order valence-corrected chi connectivity index (χ1v) is 7.35. The van der Waals surface area contributed by atoms with Gasteiger partial charge in [-0.2, -0.15) is 0 Å². The van der Waals surface area contributed by atoms with E-state index in [1.54, 1.807) is 0 Å². The highest BCUT2D eigenvalue weighted by atomic mass is 16.5. The van der Waals surface area contributed by atoms with Crippen LogP contribution in [0.1, 0.15) is 42.5 Å². The molecule has 3 nitrogen and oxygen atoms in total. The molecule has 0 aliphatic carbocycles. The Kier molecular flexibility index (Phi) is 4.83. The number of benzene rings is 1. The van der Waals surface area contributed by atoms with E-state index in [2.05, 4.69) is 30.9 Å². The Morgan fingerprint density at radius 3 is 2.47 bits per heavy atom. The predicted octanol–water partition coefficient (Wildman–Crippen LogP) is 2.80. The minimum atomic E-state index is 0.358. The van der Waals surface area contributed by atoms with Gasteiger partial charge in [-0.25, -0.2) is 0 Å². The Balaban J connectivity index is 2.29. The van der Waals surface area contributed by atoms with Gasteiger partial charge < -0.3 is 10.5 Å². The van der Waals surface area contributed by atoms with E-state index in [1.165, 1.54) is 42.6 Å². The summed E-state index contributed by atoms with van der Waals surface area (Å²) in [6, 6.07) is 4.78. The third-order valence-electron chi connectivity index (χ3n) is 4.03. The molecule has 0 radical (unpaired) electrons. The molecule has 0 saturated carbocycles. The van der Waals surface area contributed by atoms with Crippen molar-refractivity contribution in [2.75, 3.05) is 26.2 Å². The molecular formula is C16H26N2O. The average Bonchev–Trinajstić information content (AvgIpc) is 2.90. The molecule has 2 N–H and O–H groups in total. The lowest BCUT2D eigenvalue weighted by molar-refractivity contribution is 0.250. The minimum absolute atomic E-state index is 0.358. The summed E-state index contributed by atoms with van der Waals surface area (Å²) in [6.45, 7) is 10.1. The van der Waals surface area contributed by atoms with Crippen molar-refractivity contribution in [3.05, 3.63) is 28.8 Å². The first kappa shape index (κ1) is 14.4. The summed E-state index contributed by atoms with van der Waals surface area (Å²) in [4.78, 5) is 2.52. The number of hydrogen-bond donors (Lipinski definition) is 1. The standard InChI is InChI=1S/C16H26N2O/c1-4-19-16-10-12(2)14(9-13(16)3)15(11-17)18-7-5-6-8-18/h9-10,15H,4-8,11,17H2,1-3H3. The van der Waals surface area contributed by atoms with E-state index in [4.69, 9.17) is 10.5 Å². The molecule has 0 amide bonds. The van der Waals surface area contributed by atoms with Gasteiger partial charge in [0.15, 0.2) is 0 Å². The van der Waals surface area contributed by atoms with Crippen LogP contribution in [-0.2, 0) is 0 Å². The zero-order valence-corrected chi connectivity index (χ0v) is 12.4. The van der Waals surface area contributed by atoms with Gasteiger partial charge in [0.1, 0.15) is 5.75 Å². The van der Waals surface area contributed by atoms with Crippen LogP contribution in [0.25, 0.3) is 0 Å². The van der Waals surface area contributed by atoms with Gasteiger partial charge in [0, 0.05) is 12.6 Å². The smallest absolute Gasteiger partial charge is 0.122 e. The van der Waals surface area contributed by atoms with Crippen molar-refractivity contribution in [1.82, 2.24) is 4.90 Å². The SMILES string of the molecule is CCOc1cc(C)c(C(CN)N2CCCC2)cc1C. The van der Waals surface area contributed by atoms with Crippen molar-refractivity contribution in [1.29, 1.82) is 0 Å². The number of nitrogens with zero attached hydrogens (tertiary/aromatic N) is 1. The molecule has 1 fully saturated rings. The molecule has 1 aliphatic heterocycles. The van der Waals surface area contributed by atoms with Crippen molar-refractivity contribution in [2.24, 2.45) is 5.73 Å². The Hall–Kier alpha value is -1.06. The molecule has 0 aromatic heterocycles. The summed E-state index contributed by atoms with van der Waals surface area (Å²) >= 11 is 0. The lowest BCUT2D eigenvalue weighted by Crippen LogP contribution is -2.32. The highest BCUT2D eigenvalue weighted by Crippen LogP contribution is 2.31. The first-order chi connectivity index (χ1) is 9.17. The minimum Gasteiger partial charge on any atom is -0.494 e. The van der Waals surface area contributed by atoms with Crippen molar-refractivity contribution in [2.45, 2.75) is 39.7 Å². The van der Waals surface area contributed by atoms with E-state index in [0.29, 0.717) is 19.2 Å². The average molecular weight is 262 g/mol. The van der Waals surface area contributed by atoms with E-state index in [1.807, 2.05) is 6.92 Å². The van der Waals surface area contributed by atoms with Gasteiger partial charge in [0.2, 0.25) is 0 Å². The summed E-state index contributed by atoms with van der Waals surface area (Å²) in [7, 11) is 0. The van der Waals surface area contributed by atoms with Crippen LogP contribution in [0.3, 0.4) is 0 Å². The molecule has 1 aliphatic rings. The second-order valence-corrected chi connectivity index (χ2v) is 5.40. The molecule has 1 unspecified atom stereocenters. The van der Waals surface area contributed by atoms with Gasteiger partial charge in [-0.15, -0.1) is 0 Å². The van der Waals surface area contributed by atoms with Crippen LogP contribution < -0.4 is 10.5 Å². The zero-order valence-electron chi connectivity index (χ0n) is 12.4. The van der Waals surface area contributed by atoms with Crippen molar-refractivity contribution in [3.63, 3.8) is 0 Å². The molecule has 1 saturated heterocycles.